The number of para-hydroxylation sites is 1. The third kappa shape index (κ3) is 5.83. The molecule has 0 unspecified atom stereocenters. The first-order valence-electron chi connectivity index (χ1n) is 8.80. The molecular weight excluding hydrogens is 366 g/mol. The highest BCUT2D eigenvalue weighted by Crippen LogP contribution is 2.22. The van der Waals surface area contributed by atoms with E-state index >= 15 is 0 Å². The number of nitrogens with zero attached hydrogens (tertiary/aromatic N) is 1. The zero-order valence-electron chi connectivity index (χ0n) is 16.0. The number of esters is 1. The molecule has 3 amide bonds. The largest absolute Gasteiger partial charge is 0.488 e. The molecule has 0 fully saturated rings. The first-order valence-corrected chi connectivity index (χ1v) is 8.80. The maximum absolute atomic E-state index is 12.3. The summed E-state index contributed by atoms with van der Waals surface area (Å²) in [6.07, 6.45) is 0.737. The Kier molecular flexibility index (Phi) is 7.55. The van der Waals surface area contributed by atoms with Crippen LogP contribution >= 0.6 is 0 Å². The van der Waals surface area contributed by atoms with Gasteiger partial charge in [-0.2, -0.15) is 0 Å². The number of rotatable bonds is 8. The number of amides is 3. The molecule has 2 N–H and O–H groups in total. The highest BCUT2D eigenvalue weighted by molar-refractivity contribution is 5.97. The summed E-state index contributed by atoms with van der Waals surface area (Å²) in [5.74, 6) is -0.529. The van der Waals surface area contributed by atoms with Crippen molar-refractivity contribution in [2.75, 3.05) is 13.2 Å². The lowest BCUT2D eigenvalue weighted by Crippen LogP contribution is -2.41. The molecule has 0 atom stereocenters. The Bertz CT molecular complexity index is 826. The first kappa shape index (κ1) is 20.9. The molecule has 0 aliphatic carbocycles. The lowest BCUT2D eigenvalue weighted by atomic mass is 10.2. The number of aryl methyl sites for hydroxylation is 2. The Morgan fingerprint density at radius 3 is 2.61 bits per heavy atom. The summed E-state index contributed by atoms with van der Waals surface area (Å²) < 4.78 is 15.8. The van der Waals surface area contributed by atoms with E-state index in [4.69, 9.17) is 14.0 Å². The van der Waals surface area contributed by atoms with Crippen LogP contribution in [0.4, 0.5) is 4.79 Å². The molecule has 0 aliphatic rings. The van der Waals surface area contributed by atoms with E-state index in [2.05, 4.69) is 15.8 Å². The van der Waals surface area contributed by atoms with Crippen molar-refractivity contribution in [1.82, 2.24) is 15.8 Å². The van der Waals surface area contributed by atoms with Crippen molar-refractivity contribution >= 4 is 17.9 Å². The Balaban J connectivity index is 1.93. The molecule has 1 aromatic carbocycles. The van der Waals surface area contributed by atoms with Gasteiger partial charge in [0.15, 0.2) is 6.61 Å². The maximum atomic E-state index is 12.3. The number of aromatic nitrogens is 1. The van der Waals surface area contributed by atoms with Crippen LogP contribution in [-0.4, -0.2) is 36.2 Å². The highest BCUT2D eigenvalue weighted by Gasteiger charge is 2.17. The van der Waals surface area contributed by atoms with Crippen LogP contribution in [-0.2, 0) is 16.1 Å². The van der Waals surface area contributed by atoms with Gasteiger partial charge in [-0.1, -0.05) is 24.2 Å². The van der Waals surface area contributed by atoms with Crippen LogP contribution in [0.5, 0.6) is 5.75 Å². The van der Waals surface area contributed by atoms with Gasteiger partial charge < -0.3 is 19.3 Å². The van der Waals surface area contributed by atoms with Crippen molar-refractivity contribution in [3.63, 3.8) is 0 Å². The lowest BCUT2D eigenvalue weighted by Gasteiger charge is -2.11. The summed E-state index contributed by atoms with van der Waals surface area (Å²) in [5, 5.41) is 8.42. The average Bonchev–Trinajstić information content (AvgIpc) is 3.00. The quantitative estimate of drug-likeness (QED) is 0.665. The molecule has 0 aliphatic heterocycles. The Labute approximate surface area is 162 Å². The minimum atomic E-state index is -0.738. The van der Waals surface area contributed by atoms with Gasteiger partial charge in [0.05, 0.1) is 11.3 Å². The predicted octanol–water partition coefficient (Wildman–Crippen LogP) is 2.26. The van der Waals surface area contributed by atoms with Gasteiger partial charge >= 0.3 is 12.0 Å². The minimum Gasteiger partial charge on any atom is -0.488 e. The molecular formula is C19H23N3O6. The number of hydrogen-bond acceptors (Lipinski definition) is 7. The van der Waals surface area contributed by atoms with Crippen LogP contribution in [0.2, 0.25) is 0 Å². The van der Waals surface area contributed by atoms with E-state index in [0.717, 1.165) is 12.0 Å². The van der Waals surface area contributed by atoms with Crippen LogP contribution in [0, 0.1) is 13.8 Å². The molecule has 1 aromatic heterocycles. The van der Waals surface area contributed by atoms with Crippen LogP contribution in [0.3, 0.4) is 0 Å². The molecule has 0 saturated carbocycles. The summed E-state index contributed by atoms with van der Waals surface area (Å²) >= 11 is 0. The summed E-state index contributed by atoms with van der Waals surface area (Å²) in [6, 6.07) is 5.87. The fourth-order valence-electron chi connectivity index (χ4n) is 2.27. The second kappa shape index (κ2) is 10.1. The second-order valence-electron chi connectivity index (χ2n) is 5.97. The van der Waals surface area contributed by atoms with Crippen molar-refractivity contribution in [1.29, 1.82) is 0 Å². The van der Waals surface area contributed by atoms with E-state index in [1.807, 2.05) is 6.92 Å². The number of imide groups is 1. The fourth-order valence-corrected chi connectivity index (χ4v) is 2.27. The van der Waals surface area contributed by atoms with E-state index in [1.54, 1.807) is 32.0 Å². The fraction of sp³-hybridized carbons (Fsp3) is 0.368. The average molecular weight is 389 g/mol. The van der Waals surface area contributed by atoms with Gasteiger partial charge in [0.25, 0.3) is 5.91 Å². The van der Waals surface area contributed by atoms with Gasteiger partial charge in [0, 0.05) is 6.54 Å². The Morgan fingerprint density at radius 1 is 1.18 bits per heavy atom. The molecule has 0 radical (unpaired) electrons. The summed E-state index contributed by atoms with van der Waals surface area (Å²) in [5.41, 5.74) is 1.66. The SMILES string of the molecule is CCCNC(=O)NC(=O)COC(=O)c1ccccc1OCc1c(C)noc1C. The molecule has 9 heteroatoms. The summed E-state index contributed by atoms with van der Waals surface area (Å²) in [4.78, 5) is 35.4. The molecule has 0 saturated heterocycles. The number of benzene rings is 1. The number of urea groups is 1. The van der Waals surface area contributed by atoms with Gasteiger partial charge in [-0.15, -0.1) is 0 Å². The normalized spacial score (nSPS) is 10.2. The number of ether oxygens (including phenoxy) is 2. The minimum absolute atomic E-state index is 0.164. The molecule has 2 aromatic rings. The summed E-state index contributed by atoms with van der Waals surface area (Å²) in [7, 11) is 0. The van der Waals surface area contributed by atoms with Crippen molar-refractivity contribution in [3.05, 3.63) is 46.8 Å². The lowest BCUT2D eigenvalue weighted by molar-refractivity contribution is -0.123. The molecule has 9 nitrogen and oxygen atoms in total. The van der Waals surface area contributed by atoms with Crippen LogP contribution in [0.25, 0.3) is 0 Å². The van der Waals surface area contributed by atoms with E-state index in [9.17, 15) is 14.4 Å². The van der Waals surface area contributed by atoms with Crippen molar-refractivity contribution in [3.8, 4) is 5.75 Å². The predicted molar refractivity (Wildman–Crippen MR) is 98.9 cm³/mol. The molecule has 1 heterocycles. The van der Waals surface area contributed by atoms with Crippen LogP contribution < -0.4 is 15.4 Å². The number of nitrogens with one attached hydrogen (secondary N) is 2. The van der Waals surface area contributed by atoms with E-state index in [0.29, 0.717) is 23.7 Å². The monoisotopic (exact) mass is 389 g/mol. The van der Waals surface area contributed by atoms with Gasteiger partial charge in [-0.25, -0.2) is 9.59 Å². The zero-order chi connectivity index (χ0) is 20.5. The van der Waals surface area contributed by atoms with Gasteiger partial charge in [0.1, 0.15) is 23.7 Å². The zero-order valence-corrected chi connectivity index (χ0v) is 16.0. The van der Waals surface area contributed by atoms with Gasteiger partial charge in [-0.05, 0) is 32.4 Å². The molecule has 150 valence electrons. The second-order valence-corrected chi connectivity index (χ2v) is 5.97. The van der Waals surface area contributed by atoms with Gasteiger partial charge in [-0.3, -0.25) is 10.1 Å². The Morgan fingerprint density at radius 2 is 1.93 bits per heavy atom. The van der Waals surface area contributed by atoms with Gasteiger partial charge in [0.2, 0.25) is 0 Å². The van der Waals surface area contributed by atoms with Crippen LogP contribution in [0.15, 0.2) is 28.8 Å². The molecule has 0 bridgehead atoms. The van der Waals surface area contributed by atoms with Crippen molar-refractivity contribution in [2.24, 2.45) is 0 Å². The standard InChI is InChI=1S/C19H23N3O6/c1-4-9-20-19(25)21-17(23)11-27-18(24)14-7-5-6-8-16(14)26-10-15-12(2)22-28-13(15)3/h5-8H,4,9-11H2,1-3H3,(H2,20,21,23,25). The molecule has 28 heavy (non-hydrogen) atoms. The topological polar surface area (TPSA) is 120 Å². The van der Waals surface area contributed by atoms with Crippen molar-refractivity contribution in [2.45, 2.75) is 33.8 Å². The Hall–Kier alpha value is -3.36. The summed E-state index contributed by atoms with van der Waals surface area (Å²) in [6.45, 7) is 5.47. The van der Waals surface area contributed by atoms with E-state index in [-0.39, 0.29) is 12.2 Å². The van der Waals surface area contributed by atoms with Crippen LogP contribution in [0.1, 0.15) is 40.7 Å². The third-order valence-electron chi connectivity index (χ3n) is 3.78. The van der Waals surface area contributed by atoms with E-state index < -0.39 is 24.5 Å². The highest BCUT2D eigenvalue weighted by atomic mass is 16.5. The number of carbonyl (C=O) groups excluding carboxylic acids is 3. The first-order chi connectivity index (χ1) is 13.4. The van der Waals surface area contributed by atoms with E-state index in [1.165, 1.54) is 6.07 Å². The number of carbonyl (C=O) groups is 3. The molecule has 0 spiro atoms. The number of hydrogen-bond donors (Lipinski definition) is 2. The third-order valence-corrected chi connectivity index (χ3v) is 3.78. The van der Waals surface area contributed by atoms with Crippen molar-refractivity contribution < 1.29 is 28.4 Å². The smallest absolute Gasteiger partial charge is 0.342 e. The maximum Gasteiger partial charge on any atom is 0.342 e. The molecule has 2 rings (SSSR count).